The maximum atomic E-state index is 12.7. The minimum Gasteiger partial charge on any atom is -0.465 e. The molecular weight excluding hydrogens is 440 g/mol. The van der Waals surface area contributed by atoms with Gasteiger partial charge in [-0.05, 0) is 26.2 Å². The molecule has 0 aliphatic heterocycles. The van der Waals surface area contributed by atoms with Gasteiger partial charge in [0.2, 0.25) is 5.91 Å². The van der Waals surface area contributed by atoms with Crippen LogP contribution in [0, 0.1) is 11.8 Å². The van der Waals surface area contributed by atoms with Crippen molar-refractivity contribution in [3.8, 4) is 0 Å². The van der Waals surface area contributed by atoms with Gasteiger partial charge in [-0.15, -0.1) is 0 Å². The number of esters is 1. The molecule has 0 spiro atoms. The Hall–Kier alpha value is -1.75. The smallest absolute Gasteiger partial charge is 0.338 e. The first-order chi connectivity index (χ1) is 14.5. The molecule has 0 unspecified atom stereocenters. The molecule has 0 saturated heterocycles. The number of carbonyl (C=O) groups is 4. The van der Waals surface area contributed by atoms with E-state index in [0.29, 0.717) is 38.2 Å². The summed E-state index contributed by atoms with van der Waals surface area (Å²) < 4.78 is 5.12. The molecule has 0 fully saturated rings. The Morgan fingerprint density at radius 1 is 1.06 bits per heavy atom. The Kier molecular flexibility index (Phi) is 15.9. The molecule has 2 atom stereocenters. The first kappa shape index (κ1) is 29.2. The summed E-state index contributed by atoms with van der Waals surface area (Å²) in [6, 6.07) is -0.651. The average molecular weight is 478 g/mol. The lowest BCUT2D eigenvalue weighted by Crippen LogP contribution is -2.78. The number of Topliss-reactive ketones (excluding diaryl/α,β-unsaturated/α-hetero) is 2. The summed E-state index contributed by atoms with van der Waals surface area (Å²) in [5.74, 6) is 0.00721. The Balaban J connectivity index is 4.47. The number of carbonyl (C=O) groups excluding carboxylic acids is 4. The maximum absolute atomic E-state index is 12.7. The number of ether oxygens (including phenoxy) is 1. The van der Waals surface area contributed by atoms with E-state index >= 15 is 0 Å². The standard InChI is InChI=1S/C20H36N4O5S2/c1-13(2)19(28)29-9-6-10-30-31-12-17(24-15(4)26)18(27)11-16(14(3)25)7-5-8-23-20(21)22/h13,16-17H,5-12H2,1-4H3,(H,24,26)(H4,21,22,23)/p+1/t16-,17+/m0/s1. The molecular formula is C20H37N4O5S2+. The number of nitrogens with one attached hydrogen (secondary N) is 2. The molecule has 0 bridgehead atoms. The Labute approximate surface area is 192 Å². The number of hydrogen-bond donors (Lipinski definition) is 4. The molecule has 0 aromatic carbocycles. The molecule has 0 aromatic rings. The zero-order valence-electron chi connectivity index (χ0n) is 18.9. The van der Waals surface area contributed by atoms with E-state index in [1.54, 1.807) is 24.6 Å². The Morgan fingerprint density at radius 2 is 1.74 bits per heavy atom. The zero-order chi connectivity index (χ0) is 23.8. The highest BCUT2D eigenvalue weighted by Crippen LogP contribution is 2.24. The van der Waals surface area contributed by atoms with Crippen LogP contribution in [0.1, 0.15) is 53.4 Å². The molecule has 0 saturated carbocycles. The molecule has 0 aliphatic rings. The van der Waals surface area contributed by atoms with Crippen LogP contribution in [0.25, 0.3) is 0 Å². The predicted molar refractivity (Wildman–Crippen MR) is 125 cm³/mol. The van der Waals surface area contributed by atoms with Crippen molar-refractivity contribution in [1.82, 2.24) is 5.32 Å². The lowest BCUT2D eigenvalue weighted by atomic mass is 9.91. The number of ketones is 2. The van der Waals surface area contributed by atoms with Crippen LogP contribution in [0.5, 0.6) is 0 Å². The van der Waals surface area contributed by atoms with E-state index in [2.05, 4.69) is 10.3 Å². The first-order valence-corrected chi connectivity index (χ1v) is 12.9. The molecule has 1 amide bonds. The van der Waals surface area contributed by atoms with Crippen molar-refractivity contribution < 1.29 is 28.9 Å². The second-order valence-corrected chi connectivity index (χ2v) is 10.2. The van der Waals surface area contributed by atoms with Gasteiger partial charge < -0.3 is 10.1 Å². The summed E-state index contributed by atoms with van der Waals surface area (Å²) in [5.41, 5.74) is 10.7. The van der Waals surface area contributed by atoms with E-state index in [9.17, 15) is 19.2 Å². The Bertz CT molecular complexity index is 625. The number of amides is 1. The minimum absolute atomic E-state index is 0.0578. The van der Waals surface area contributed by atoms with Crippen LogP contribution >= 0.6 is 21.6 Å². The van der Waals surface area contributed by atoms with Gasteiger partial charge in [0.15, 0.2) is 5.78 Å². The van der Waals surface area contributed by atoms with E-state index in [1.165, 1.54) is 24.6 Å². The molecule has 0 rings (SSSR count). The van der Waals surface area contributed by atoms with Gasteiger partial charge in [0.05, 0.1) is 25.1 Å². The second-order valence-electron chi connectivity index (χ2n) is 7.54. The van der Waals surface area contributed by atoms with Crippen molar-refractivity contribution in [2.45, 2.75) is 59.4 Å². The topological polar surface area (TPSA) is 156 Å². The van der Waals surface area contributed by atoms with Gasteiger partial charge in [0.25, 0.3) is 0 Å². The van der Waals surface area contributed by atoms with Crippen molar-refractivity contribution in [2.75, 3.05) is 24.7 Å². The van der Waals surface area contributed by atoms with Gasteiger partial charge in [-0.1, -0.05) is 35.4 Å². The largest absolute Gasteiger partial charge is 0.465 e. The number of hydrogen-bond acceptors (Lipinski definition) is 7. The first-order valence-electron chi connectivity index (χ1n) is 10.4. The minimum atomic E-state index is -0.651. The molecule has 0 aliphatic carbocycles. The second kappa shape index (κ2) is 16.9. The van der Waals surface area contributed by atoms with Gasteiger partial charge in [-0.2, -0.15) is 0 Å². The highest BCUT2D eigenvalue weighted by molar-refractivity contribution is 8.76. The fourth-order valence-corrected chi connectivity index (χ4v) is 4.77. The van der Waals surface area contributed by atoms with Crippen LogP contribution < -0.4 is 21.8 Å². The van der Waals surface area contributed by atoms with Crippen LogP contribution in [0.15, 0.2) is 0 Å². The van der Waals surface area contributed by atoms with Crippen molar-refractivity contribution in [3.05, 3.63) is 0 Å². The fraction of sp³-hybridized carbons (Fsp3) is 0.750. The fourth-order valence-electron chi connectivity index (χ4n) is 2.51. The van der Waals surface area contributed by atoms with Gasteiger partial charge in [0, 0.05) is 30.8 Å². The van der Waals surface area contributed by atoms with Crippen molar-refractivity contribution in [3.63, 3.8) is 0 Å². The molecule has 0 radical (unpaired) electrons. The number of rotatable bonds is 17. The predicted octanol–water partition coefficient (Wildman–Crippen LogP) is -0.240. The molecule has 11 heteroatoms. The summed E-state index contributed by atoms with van der Waals surface area (Å²) in [6.45, 7) is 7.29. The van der Waals surface area contributed by atoms with Crippen LogP contribution in [-0.2, 0) is 23.9 Å². The van der Waals surface area contributed by atoms with E-state index in [4.69, 9.17) is 16.2 Å². The molecule has 6 N–H and O–H groups in total. The van der Waals surface area contributed by atoms with Crippen LogP contribution in [0.2, 0.25) is 0 Å². The van der Waals surface area contributed by atoms with E-state index in [1.807, 2.05) is 0 Å². The molecule has 0 aromatic heterocycles. The zero-order valence-corrected chi connectivity index (χ0v) is 20.5. The number of nitrogens with two attached hydrogens (primary N) is 2. The lowest BCUT2D eigenvalue weighted by molar-refractivity contribution is -0.459. The summed E-state index contributed by atoms with van der Waals surface area (Å²) in [5, 5.41) is 2.68. The van der Waals surface area contributed by atoms with Gasteiger partial charge in [0.1, 0.15) is 5.78 Å². The van der Waals surface area contributed by atoms with Crippen molar-refractivity contribution in [1.29, 1.82) is 0 Å². The van der Waals surface area contributed by atoms with Gasteiger partial charge in [-0.3, -0.25) is 35.6 Å². The Morgan fingerprint density at radius 3 is 2.29 bits per heavy atom. The van der Waals surface area contributed by atoms with Crippen molar-refractivity contribution in [2.24, 2.45) is 23.3 Å². The van der Waals surface area contributed by atoms with E-state index in [-0.39, 0.29) is 41.7 Å². The normalized spacial score (nSPS) is 12.7. The summed E-state index contributed by atoms with van der Waals surface area (Å²) in [4.78, 5) is 50.4. The van der Waals surface area contributed by atoms with E-state index < -0.39 is 12.0 Å². The lowest BCUT2D eigenvalue weighted by Gasteiger charge is -2.19. The van der Waals surface area contributed by atoms with Crippen LogP contribution in [0.3, 0.4) is 0 Å². The highest BCUT2D eigenvalue weighted by Gasteiger charge is 2.25. The maximum Gasteiger partial charge on any atom is 0.338 e. The van der Waals surface area contributed by atoms with E-state index in [0.717, 1.165) is 5.75 Å². The van der Waals surface area contributed by atoms with Crippen molar-refractivity contribution >= 4 is 51.0 Å². The molecule has 178 valence electrons. The highest BCUT2D eigenvalue weighted by atomic mass is 33.1. The van der Waals surface area contributed by atoms with Crippen LogP contribution in [0.4, 0.5) is 0 Å². The van der Waals surface area contributed by atoms with Crippen LogP contribution in [-0.4, -0.2) is 60.1 Å². The third kappa shape index (κ3) is 15.7. The molecule has 0 heterocycles. The molecule has 9 nitrogen and oxygen atoms in total. The molecule has 31 heavy (non-hydrogen) atoms. The number of guanidine groups is 1. The third-order valence-corrected chi connectivity index (χ3v) is 6.75. The summed E-state index contributed by atoms with van der Waals surface area (Å²) in [7, 11) is 3.02. The van der Waals surface area contributed by atoms with Gasteiger partial charge in [-0.25, -0.2) is 0 Å². The third-order valence-electron chi connectivity index (χ3n) is 4.25. The summed E-state index contributed by atoms with van der Waals surface area (Å²) >= 11 is 0. The average Bonchev–Trinajstić information content (AvgIpc) is 2.67. The van der Waals surface area contributed by atoms with Gasteiger partial charge >= 0.3 is 11.9 Å². The SMILES string of the molecule is CC(=O)N[C@H](CSSCCCOC(=O)C(C)C)C(=O)C[C@H](CCC[NH+]=C(N)N)C(C)=O. The quantitative estimate of drug-likeness (QED) is 0.0730. The monoisotopic (exact) mass is 477 g/mol. The summed E-state index contributed by atoms with van der Waals surface area (Å²) in [6.07, 6.45) is 1.97.